The summed E-state index contributed by atoms with van der Waals surface area (Å²) in [5.41, 5.74) is 1.90. The van der Waals surface area contributed by atoms with Crippen molar-refractivity contribution < 1.29 is 21.9 Å². The Balaban J connectivity index is 1.44. The average Bonchev–Trinajstić information content (AvgIpc) is 3.36. The van der Waals surface area contributed by atoms with E-state index in [-0.39, 0.29) is 28.5 Å². The zero-order valence-electron chi connectivity index (χ0n) is 19.0. The minimum Gasteiger partial charge on any atom is -0.493 e. The van der Waals surface area contributed by atoms with Gasteiger partial charge in [-0.05, 0) is 41.4 Å². The van der Waals surface area contributed by atoms with Crippen LogP contribution in [0.1, 0.15) is 34.6 Å². The molecule has 0 amide bonds. The van der Waals surface area contributed by atoms with Crippen LogP contribution in [-0.4, -0.2) is 67.0 Å². The first-order valence-corrected chi connectivity index (χ1v) is 13.9. The number of aromatic nitrogens is 2. The van der Waals surface area contributed by atoms with E-state index >= 15 is 0 Å². The lowest BCUT2D eigenvalue weighted by atomic mass is 9.93. The number of halogens is 2. The molecular formula is C24H26F2N4O3S2. The number of hydrogen-bond acceptors (Lipinski definition) is 8. The molecule has 1 saturated heterocycles. The van der Waals surface area contributed by atoms with E-state index in [2.05, 4.69) is 19.2 Å². The van der Waals surface area contributed by atoms with Gasteiger partial charge in [-0.3, -0.25) is 9.80 Å². The molecule has 0 spiro atoms. The molecule has 2 aromatic carbocycles. The van der Waals surface area contributed by atoms with Crippen molar-refractivity contribution in [1.82, 2.24) is 19.2 Å². The lowest BCUT2D eigenvalue weighted by Crippen LogP contribution is -2.50. The monoisotopic (exact) mass is 520 g/mol. The third-order valence-corrected chi connectivity index (χ3v) is 9.10. The topological polar surface area (TPSA) is 75.6 Å². The normalized spacial score (nSPS) is 21.4. The van der Waals surface area contributed by atoms with Crippen LogP contribution in [0.5, 0.6) is 5.75 Å². The number of benzene rings is 2. The van der Waals surface area contributed by atoms with Crippen molar-refractivity contribution in [2.75, 3.05) is 39.5 Å². The van der Waals surface area contributed by atoms with Crippen LogP contribution in [0.2, 0.25) is 0 Å². The Bertz CT molecular complexity index is 1260. The van der Waals surface area contributed by atoms with Crippen LogP contribution in [0.4, 0.5) is 8.78 Å². The van der Waals surface area contributed by atoms with Gasteiger partial charge in [0.2, 0.25) is 0 Å². The van der Waals surface area contributed by atoms with Crippen LogP contribution in [0.25, 0.3) is 0 Å². The van der Waals surface area contributed by atoms with E-state index in [0.29, 0.717) is 37.0 Å². The molecule has 0 bridgehead atoms. The van der Waals surface area contributed by atoms with E-state index in [9.17, 15) is 17.2 Å². The van der Waals surface area contributed by atoms with Gasteiger partial charge in [-0.1, -0.05) is 18.2 Å². The van der Waals surface area contributed by atoms with Crippen molar-refractivity contribution in [2.45, 2.75) is 29.2 Å². The molecule has 1 aromatic heterocycles. The van der Waals surface area contributed by atoms with Crippen molar-refractivity contribution in [2.24, 2.45) is 0 Å². The predicted molar refractivity (Wildman–Crippen MR) is 128 cm³/mol. The standard InChI is InChI=1S/C24H26F2N4O3S2/c25-8-9-29-10-11-30(22(14-29)17-1-3-18(26)4-2-17)21-7-12-33-23-13-19(5-6-20(21)23)35(31,32)15-24-27-16-28-34-24/h1-6,13,16,21-22H,7-12,14-15H2/t21-,22-/m0/s1. The highest BCUT2D eigenvalue weighted by Gasteiger charge is 2.36. The number of piperazine rings is 1. The molecule has 5 rings (SSSR count). The van der Waals surface area contributed by atoms with Crippen LogP contribution >= 0.6 is 11.5 Å². The van der Waals surface area contributed by atoms with Crippen LogP contribution < -0.4 is 4.74 Å². The molecule has 7 nitrogen and oxygen atoms in total. The first-order chi connectivity index (χ1) is 16.9. The molecule has 186 valence electrons. The van der Waals surface area contributed by atoms with Gasteiger partial charge in [0.25, 0.3) is 0 Å². The number of rotatable bonds is 7. The molecular weight excluding hydrogens is 494 g/mol. The molecule has 35 heavy (non-hydrogen) atoms. The van der Waals surface area contributed by atoms with E-state index in [0.717, 1.165) is 35.6 Å². The van der Waals surface area contributed by atoms with Gasteiger partial charge >= 0.3 is 0 Å². The fraction of sp³-hybridized carbons (Fsp3) is 0.417. The van der Waals surface area contributed by atoms with E-state index in [1.807, 2.05) is 6.07 Å². The fourth-order valence-electron chi connectivity index (χ4n) is 4.93. The highest BCUT2D eigenvalue weighted by molar-refractivity contribution is 7.90. The van der Waals surface area contributed by atoms with Gasteiger partial charge in [0.05, 0.1) is 11.5 Å². The largest absolute Gasteiger partial charge is 0.493 e. The quantitative estimate of drug-likeness (QED) is 0.469. The van der Waals surface area contributed by atoms with Crippen LogP contribution in [0.3, 0.4) is 0 Å². The second kappa shape index (κ2) is 10.3. The fourth-order valence-corrected chi connectivity index (χ4v) is 7.04. The molecule has 2 aliphatic heterocycles. The Hall–Kier alpha value is -2.47. The van der Waals surface area contributed by atoms with Gasteiger partial charge in [0.1, 0.15) is 35.3 Å². The maximum atomic E-state index is 13.6. The molecule has 0 radical (unpaired) electrons. The summed E-state index contributed by atoms with van der Waals surface area (Å²) in [5, 5.41) is 0.440. The lowest BCUT2D eigenvalue weighted by Gasteiger charge is -2.46. The lowest BCUT2D eigenvalue weighted by molar-refractivity contribution is 0.0218. The molecule has 1 fully saturated rings. The minimum atomic E-state index is -3.59. The van der Waals surface area contributed by atoms with Crippen LogP contribution in [0.15, 0.2) is 53.7 Å². The minimum absolute atomic E-state index is 0.00115. The van der Waals surface area contributed by atoms with Crippen LogP contribution in [0, 0.1) is 5.82 Å². The SMILES string of the molecule is O=S(=O)(Cc1ncns1)c1ccc2c(c1)OCC[C@@H]2N1CCN(CCF)C[C@H]1c1ccc(F)cc1. The first kappa shape index (κ1) is 24.2. The van der Waals surface area contributed by atoms with E-state index in [1.54, 1.807) is 24.3 Å². The van der Waals surface area contributed by atoms with Crippen molar-refractivity contribution >= 4 is 21.4 Å². The maximum absolute atomic E-state index is 13.6. The second-order valence-electron chi connectivity index (χ2n) is 8.74. The number of sulfone groups is 1. The van der Waals surface area contributed by atoms with E-state index in [4.69, 9.17) is 4.74 Å². The predicted octanol–water partition coefficient (Wildman–Crippen LogP) is 3.80. The van der Waals surface area contributed by atoms with E-state index in [1.165, 1.54) is 18.5 Å². The smallest absolute Gasteiger partial charge is 0.185 e. The summed E-state index contributed by atoms with van der Waals surface area (Å²) in [6.45, 7) is 2.48. The number of alkyl halides is 1. The van der Waals surface area contributed by atoms with Crippen LogP contribution in [-0.2, 0) is 15.6 Å². The van der Waals surface area contributed by atoms with Gasteiger partial charge < -0.3 is 4.74 Å². The summed E-state index contributed by atoms with van der Waals surface area (Å²) in [6.07, 6.45) is 2.09. The highest BCUT2D eigenvalue weighted by Crippen LogP contribution is 2.42. The third kappa shape index (κ3) is 5.23. The van der Waals surface area contributed by atoms with Crippen molar-refractivity contribution in [3.8, 4) is 5.75 Å². The Labute approximate surface area is 207 Å². The molecule has 3 aromatic rings. The van der Waals surface area contributed by atoms with Gasteiger partial charge in [0, 0.05) is 50.2 Å². The summed E-state index contributed by atoms with van der Waals surface area (Å²) >= 11 is 1.07. The highest BCUT2D eigenvalue weighted by atomic mass is 32.2. The molecule has 0 saturated carbocycles. The molecule has 2 atom stereocenters. The van der Waals surface area contributed by atoms with Gasteiger partial charge in [-0.2, -0.15) is 4.37 Å². The van der Waals surface area contributed by atoms with Crippen molar-refractivity contribution in [3.05, 3.63) is 70.7 Å². The zero-order valence-corrected chi connectivity index (χ0v) is 20.6. The second-order valence-corrected chi connectivity index (χ2v) is 11.6. The average molecular weight is 521 g/mol. The molecule has 0 unspecified atom stereocenters. The van der Waals surface area contributed by atoms with Crippen molar-refractivity contribution in [1.29, 1.82) is 0 Å². The van der Waals surface area contributed by atoms with E-state index < -0.39 is 16.5 Å². The Morgan fingerprint density at radius 1 is 1.11 bits per heavy atom. The van der Waals surface area contributed by atoms with Gasteiger partial charge in [-0.15, -0.1) is 0 Å². The third-order valence-electron chi connectivity index (χ3n) is 6.63. The summed E-state index contributed by atoms with van der Waals surface area (Å²) in [5.74, 6) is 0.0577. The van der Waals surface area contributed by atoms with Gasteiger partial charge in [-0.25, -0.2) is 22.2 Å². The number of fused-ring (bicyclic) bond motifs is 1. The molecule has 0 aliphatic carbocycles. The Morgan fingerprint density at radius 3 is 2.69 bits per heavy atom. The number of nitrogens with zero attached hydrogens (tertiary/aromatic N) is 4. The summed E-state index contributed by atoms with van der Waals surface area (Å²) in [6, 6.07) is 11.5. The summed E-state index contributed by atoms with van der Waals surface area (Å²) in [7, 11) is -3.59. The zero-order chi connectivity index (χ0) is 24.4. The molecule has 11 heteroatoms. The Morgan fingerprint density at radius 2 is 1.94 bits per heavy atom. The van der Waals surface area contributed by atoms with Crippen molar-refractivity contribution in [3.63, 3.8) is 0 Å². The summed E-state index contributed by atoms with van der Waals surface area (Å²) < 4.78 is 62.3. The number of hydrogen-bond donors (Lipinski definition) is 0. The first-order valence-electron chi connectivity index (χ1n) is 11.5. The molecule has 3 heterocycles. The Kier molecular flexibility index (Phi) is 7.10. The summed E-state index contributed by atoms with van der Waals surface area (Å²) in [4.78, 5) is 8.63. The van der Waals surface area contributed by atoms with Gasteiger partial charge in [0.15, 0.2) is 9.84 Å². The molecule has 2 aliphatic rings. The molecule has 0 N–H and O–H groups in total. The maximum Gasteiger partial charge on any atom is 0.185 e. The number of ether oxygens (including phenoxy) is 1.